The van der Waals surface area contributed by atoms with Gasteiger partial charge in [-0.1, -0.05) is 31.4 Å². The Morgan fingerprint density at radius 2 is 2.29 bits per heavy atom. The Balaban J connectivity index is 2.93. The molecule has 0 aliphatic carbocycles. The second-order valence-corrected chi connectivity index (χ2v) is 4.41. The number of rotatable bonds is 4. The van der Waals surface area contributed by atoms with E-state index in [0.717, 1.165) is 0 Å². The lowest BCUT2D eigenvalue weighted by Gasteiger charge is -2.10. The molecule has 0 radical (unpaired) electrons. The van der Waals surface area contributed by atoms with Crippen LogP contribution < -0.4 is 10.9 Å². The summed E-state index contributed by atoms with van der Waals surface area (Å²) in [5.41, 5.74) is 0.259. The van der Waals surface area contributed by atoms with Gasteiger partial charge in [-0.2, -0.15) is 5.10 Å². The SMILES string of the molecule is CC#CCNc1cnn(CC(C)C)c(=O)c1Cl. The van der Waals surface area contributed by atoms with Crippen molar-refractivity contribution in [1.29, 1.82) is 0 Å². The third kappa shape index (κ3) is 3.79. The van der Waals surface area contributed by atoms with Gasteiger partial charge in [0.1, 0.15) is 5.02 Å². The van der Waals surface area contributed by atoms with Crippen molar-refractivity contribution >= 4 is 17.3 Å². The van der Waals surface area contributed by atoms with Crippen molar-refractivity contribution < 1.29 is 0 Å². The third-order valence-corrected chi connectivity index (χ3v) is 2.43. The minimum absolute atomic E-state index is 0.165. The van der Waals surface area contributed by atoms with E-state index in [-0.39, 0.29) is 10.6 Å². The van der Waals surface area contributed by atoms with Gasteiger partial charge in [-0.15, -0.1) is 5.92 Å². The molecule has 1 heterocycles. The van der Waals surface area contributed by atoms with E-state index in [4.69, 9.17) is 11.6 Å². The highest BCUT2D eigenvalue weighted by Gasteiger charge is 2.09. The standard InChI is InChI=1S/C12H16ClN3O/c1-4-5-6-14-10-7-15-16(8-9(2)3)12(17)11(10)13/h7,9,14H,6,8H2,1-3H3. The summed E-state index contributed by atoms with van der Waals surface area (Å²) in [5, 5.41) is 7.19. The Morgan fingerprint density at radius 1 is 1.59 bits per heavy atom. The number of halogens is 1. The zero-order valence-electron chi connectivity index (χ0n) is 10.2. The summed E-state index contributed by atoms with van der Waals surface area (Å²) in [6.07, 6.45) is 1.56. The highest BCUT2D eigenvalue weighted by molar-refractivity contribution is 6.32. The summed E-state index contributed by atoms with van der Waals surface area (Å²) >= 11 is 5.98. The summed E-state index contributed by atoms with van der Waals surface area (Å²) in [7, 11) is 0. The van der Waals surface area contributed by atoms with E-state index < -0.39 is 0 Å². The Hall–Kier alpha value is -1.47. The predicted molar refractivity (Wildman–Crippen MR) is 70.3 cm³/mol. The molecule has 0 aliphatic heterocycles. The van der Waals surface area contributed by atoms with Gasteiger partial charge in [-0.25, -0.2) is 4.68 Å². The fourth-order valence-electron chi connectivity index (χ4n) is 1.29. The Bertz CT molecular complexity index is 497. The van der Waals surface area contributed by atoms with E-state index in [1.807, 2.05) is 13.8 Å². The molecule has 0 amide bonds. The van der Waals surface area contributed by atoms with E-state index in [9.17, 15) is 4.79 Å². The van der Waals surface area contributed by atoms with Gasteiger partial charge in [-0.3, -0.25) is 4.79 Å². The molecule has 17 heavy (non-hydrogen) atoms. The fraction of sp³-hybridized carbons (Fsp3) is 0.500. The van der Waals surface area contributed by atoms with Crippen molar-refractivity contribution in [3.8, 4) is 11.8 Å². The number of nitrogens with one attached hydrogen (secondary N) is 1. The molecule has 1 aromatic rings. The van der Waals surface area contributed by atoms with Crippen LogP contribution in [0.15, 0.2) is 11.0 Å². The molecular weight excluding hydrogens is 238 g/mol. The van der Waals surface area contributed by atoms with Crippen LogP contribution in [0.3, 0.4) is 0 Å². The molecule has 0 saturated heterocycles. The molecular formula is C12H16ClN3O. The Labute approximate surface area is 106 Å². The molecule has 0 spiro atoms. The van der Waals surface area contributed by atoms with Gasteiger partial charge in [0.05, 0.1) is 18.4 Å². The molecule has 5 heteroatoms. The van der Waals surface area contributed by atoms with Gasteiger partial charge in [0.15, 0.2) is 0 Å². The molecule has 0 atom stereocenters. The molecule has 0 unspecified atom stereocenters. The maximum Gasteiger partial charge on any atom is 0.287 e. The first-order valence-electron chi connectivity index (χ1n) is 5.45. The van der Waals surface area contributed by atoms with Crippen LogP contribution in [0.4, 0.5) is 5.69 Å². The van der Waals surface area contributed by atoms with E-state index >= 15 is 0 Å². The second-order valence-electron chi connectivity index (χ2n) is 4.03. The molecule has 1 aromatic heterocycles. The van der Waals surface area contributed by atoms with Crippen LogP contribution in [-0.4, -0.2) is 16.3 Å². The van der Waals surface area contributed by atoms with Gasteiger partial charge < -0.3 is 5.32 Å². The van der Waals surface area contributed by atoms with E-state index in [1.165, 1.54) is 4.68 Å². The maximum absolute atomic E-state index is 11.9. The highest BCUT2D eigenvalue weighted by atomic mass is 35.5. The van der Waals surface area contributed by atoms with Crippen molar-refractivity contribution in [2.75, 3.05) is 11.9 Å². The van der Waals surface area contributed by atoms with Gasteiger partial charge in [0, 0.05) is 6.54 Å². The normalized spacial score (nSPS) is 9.94. The highest BCUT2D eigenvalue weighted by Crippen LogP contribution is 2.14. The molecule has 0 saturated carbocycles. The number of anilines is 1. The van der Waals surface area contributed by atoms with Crippen LogP contribution in [0, 0.1) is 17.8 Å². The lowest BCUT2D eigenvalue weighted by molar-refractivity contribution is 0.464. The van der Waals surface area contributed by atoms with Crippen LogP contribution in [0.5, 0.6) is 0 Å². The minimum atomic E-state index is -0.269. The summed E-state index contributed by atoms with van der Waals surface area (Å²) in [5.74, 6) is 5.93. The van der Waals surface area contributed by atoms with E-state index in [1.54, 1.807) is 13.1 Å². The molecule has 1 N–H and O–H groups in total. The summed E-state index contributed by atoms with van der Waals surface area (Å²) in [4.78, 5) is 11.9. The summed E-state index contributed by atoms with van der Waals surface area (Å²) in [6.45, 7) is 6.80. The number of aromatic nitrogens is 2. The molecule has 92 valence electrons. The third-order valence-electron chi connectivity index (χ3n) is 2.07. The predicted octanol–water partition coefficient (Wildman–Crippen LogP) is 1.99. The van der Waals surface area contributed by atoms with Crippen LogP contribution in [0.2, 0.25) is 5.02 Å². The summed E-state index contributed by atoms with van der Waals surface area (Å²) < 4.78 is 1.38. The molecule has 0 aliphatic rings. The van der Waals surface area contributed by atoms with Crippen LogP contribution in [0.25, 0.3) is 0 Å². The van der Waals surface area contributed by atoms with Crippen molar-refractivity contribution in [2.45, 2.75) is 27.3 Å². The molecule has 4 nitrogen and oxygen atoms in total. The Kier molecular flexibility index (Phi) is 5.05. The van der Waals surface area contributed by atoms with E-state index in [2.05, 4.69) is 22.3 Å². The molecule has 0 fully saturated rings. The number of hydrogen-bond acceptors (Lipinski definition) is 3. The first-order valence-corrected chi connectivity index (χ1v) is 5.83. The number of nitrogens with zero attached hydrogens (tertiary/aromatic N) is 2. The van der Waals surface area contributed by atoms with Gasteiger partial charge >= 0.3 is 0 Å². The quantitative estimate of drug-likeness (QED) is 0.835. The van der Waals surface area contributed by atoms with Crippen LogP contribution in [-0.2, 0) is 6.54 Å². The minimum Gasteiger partial charge on any atom is -0.371 e. The van der Waals surface area contributed by atoms with Gasteiger partial charge in [0.25, 0.3) is 5.56 Å². The monoisotopic (exact) mass is 253 g/mol. The number of hydrogen-bond donors (Lipinski definition) is 1. The fourth-order valence-corrected chi connectivity index (χ4v) is 1.51. The van der Waals surface area contributed by atoms with Crippen molar-refractivity contribution in [1.82, 2.24) is 9.78 Å². The van der Waals surface area contributed by atoms with Crippen molar-refractivity contribution in [3.05, 3.63) is 21.6 Å². The van der Waals surface area contributed by atoms with Crippen LogP contribution in [0.1, 0.15) is 20.8 Å². The lowest BCUT2D eigenvalue weighted by atomic mass is 10.2. The molecule has 0 bridgehead atoms. The van der Waals surface area contributed by atoms with Crippen molar-refractivity contribution in [2.24, 2.45) is 5.92 Å². The molecule has 0 aromatic carbocycles. The molecule has 1 rings (SSSR count). The topological polar surface area (TPSA) is 46.9 Å². The second kappa shape index (κ2) is 6.31. The van der Waals surface area contributed by atoms with Crippen LogP contribution >= 0.6 is 11.6 Å². The first kappa shape index (κ1) is 13.6. The average molecular weight is 254 g/mol. The maximum atomic E-state index is 11.9. The smallest absolute Gasteiger partial charge is 0.287 e. The zero-order chi connectivity index (χ0) is 12.8. The zero-order valence-corrected chi connectivity index (χ0v) is 11.0. The van der Waals surface area contributed by atoms with Crippen molar-refractivity contribution in [3.63, 3.8) is 0 Å². The van der Waals surface area contributed by atoms with Gasteiger partial charge in [0.2, 0.25) is 0 Å². The summed E-state index contributed by atoms with van der Waals surface area (Å²) in [6, 6.07) is 0. The average Bonchev–Trinajstić information content (AvgIpc) is 2.28. The first-order chi connectivity index (χ1) is 8.06. The lowest BCUT2D eigenvalue weighted by Crippen LogP contribution is -2.26. The largest absolute Gasteiger partial charge is 0.371 e. The van der Waals surface area contributed by atoms with Gasteiger partial charge in [-0.05, 0) is 12.8 Å². The Morgan fingerprint density at radius 3 is 2.88 bits per heavy atom. The van der Waals surface area contributed by atoms with E-state index in [0.29, 0.717) is 24.7 Å².